The van der Waals surface area contributed by atoms with E-state index in [-0.39, 0.29) is 0 Å². The molecule has 0 saturated carbocycles. The van der Waals surface area contributed by atoms with Gasteiger partial charge in [0.2, 0.25) is 0 Å². The smallest absolute Gasteiger partial charge is 0.128 e. The minimum Gasteiger partial charge on any atom is -0.357 e. The van der Waals surface area contributed by atoms with Crippen molar-refractivity contribution >= 4 is 5.82 Å². The molecule has 0 amide bonds. The molecule has 1 aromatic heterocycles. The fraction of sp³-hybridized carbons (Fsp3) is 0.688. The summed E-state index contributed by atoms with van der Waals surface area (Å²) >= 11 is 0. The van der Waals surface area contributed by atoms with Gasteiger partial charge in [0.1, 0.15) is 5.82 Å². The number of nitrogens with one attached hydrogen (secondary N) is 1. The molecule has 1 aromatic rings. The van der Waals surface area contributed by atoms with Crippen LogP contribution in [-0.4, -0.2) is 24.6 Å². The van der Waals surface area contributed by atoms with Crippen molar-refractivity contribution in [1.82, 2.24) is 10.3 Å². The molecule has 0 aromatic carbocycles. The summed E-state index contributed by atoms with van der Waals surface area (Å²) in [5.41, 5.74) is 1.81. The van der Waals surface area contributed by atoms with E-state index < -0.39 is 0 Å². The third-order valence-corrected chi connectivity index (χ3v) is 4.05. The third kappa shape index (κ3) is 4.20. The second-order valence-corrected chi connectivity index (χ2v) is 6.31. The zero-order valence-corrected chi connectivity index (χ0v) is 12.6. The molecule has 2 heterocycles. The standard InChI is InChI=1S/C16H27N3/c1-4-17-13-14-6-9-18-15(12-14)19-10-5-7-16(2,3)8-11-19/h6,9,12,17H,4-5,7-8,10-11,13H2,1-3H3. The summed E-state index contributed by atoms with van der Waals surface area (Å²) in [5, 5.41) is 3.37. The van der Waals surface area contributed by atoms with Crippen LogP contribution in [0.3, 0.4) is 0 Å². The highest BCUT2D eigenvalue weighted by atomic mass is 15.2. The first-order valence-electron chi connectivity index (χ1n) is 7.51. The largest absolute Gasteiger partial charge is 0.357 e. The van der Waals surface area contributed by atoms with Gasteiger partial charge in [-0.1, -0.05) is 20.8 Å². The molecule has 0 spiro atoms. The predicted octanol–water partition coefficient (Wildman–Crippen LogP) is 3.21. The van der Waals surface area contributed by atoms with Crippen molar-refractivity contribution < 1.29 is 0 Å². The number of pyridine rings is 1. The summed E-state index contributed by atoms with van der Waals surface area (Å²) in [6.45, 7) is 11.1. The van der Waals surface area contributed by atoms with Crippen LogP contribution in [0.25, 0.3) is 0 Å². The highest BCUT2D eigenvalue weighted by molar-refractivity contribution is 5.41. The summed E-state index contributed by atoms with van der Waals surface area (Å²) in [5.74, 6) is 1.15. The molecule has 1 aliphatic heterocycles. The van der Waals surface area contributed by atoms with Gasteiger partial charge in [-0.15, -0.1) is 0 Å². The van der Waals surface area contributed by atoms with Crippen LogP contribution >= 0.6 is 0 Å². The molecule has 1 N–H and O–H groups in total. The van der Waals surface area contributed by atoms with Crippen LogP contribution in [-0.2, 0) is 6.54 Å². The molecule has 19 heavy (non-hydrogen) atoms. The monoisotopic (exact) mass is 261 g/mol. The fourth-order valence-corrected chi connectivity index (χ4v) is 2.66. The normalized spacial score (nSPS) is 19.2. The van der Waals surface area contributed by atoms with Crippen molar-refractivity contribution in [2.75, 3.05) is 24.5 Å². The van der Waals surface area contributed by atoms with Crippen LogP contribution in [0.2, 0.25) is 0 Å². The Morgan fingerprint density at radius 2 is 2.16 bits per heavy atom. The Hall–Kier alpha value is -1.09. The van der Waals surface area contributed by atoms with Crippen molar-refractivity contribution in [2.24, 2.45) is 5.41 Å². The number of nitrogens with zero attached hydrogens (tertiary/aromatic N) is 2. The average molecular weight is 261 g/mol. The molecular formula is C16H27N3. The van der Waals surface area contributed by atoms with Gasteiger partial charge < -0.3 is 10.2 Å². The van der Waals surface area contributed by atoms with Crippen molar-refractivity contribution in [1.29, 1.82) is 0 Å². The number of rotatable bonds is 4. The molecule has 1 saturated heterocycles. The molecule has 0 bridgehead atoms. The first kappa shape index (κ1) is 14.3. The maximum absolute atomic E-state index is 4.56. The maximum Gasteiger partial charge on any atom is 0.128 e. The third-order valence-electron chi connectivity index (χ3n) is 4.05. The molecule has 0 radical (unpaired) electrons. The van der Waals surface area contributed by atoms with E-state index in [0.29, 0.717) is 5.41 Å². The lowest BCUT2D eigenvalue weighted by Crippen LogP contribution is -2.26. The Kier molecular flexibility index (Phi) is 4.81. The van der Waals surface area contributed by atoms with Gasteiger partial charge >= 0.3 is 0 Å². The van der Waals surface area contributed by atoms with Crippen LogP contribution in [0.4, 0.5) is 5.82 Å². The molecule has 3 nitrogen and oxygen atoms in total. The Labute approximate surface area is 117 Å². The number of aromatic nitrogens is 1. The minimum atomic E-state index is 0.482. The molecule has 1 fully saturated rings. The lowest BCUT2D eigenvalue weighted by Gasteiger charge is -2.24. The highest BCUT2D eigenvalue weighted by Gasteiger charge is 2.23. The topological polar surface area (TPSA) is 28.2 Å². The van der Waals surface area contributed by atoms with Gasteiger partial charge in [-0.3, -0.25) is 0 Å². The van der Waals surface area contributed by atoms with Gasteiger partial charge in [0, 0.05) is 25.8 Å². The van der Waals surface area contributed by atoms with Gasteiger partial charge in [-0.05, 0) is 48.9 Å². The number of hydrogen-bond donors (Lipinski definition) is 1. The van der Waals surface area contributed by atoms with E-state index in [1.54, 1.807) is 0 Å². The Morgan fingerprint density at radius 1 is 1.32 bits per heavy atom. The van der Waals surface area contributed by atoms with E-state index in [1.807, 2.05) is 6.20 Å². The summed E-state index contributed by atoms with van der Waals surface area (Å²) in [4.78, 5) is 7.01. The van der Waals surface area contributed by atoms with Crippen molar-refractivity contribution in [3.05, 3.63) is 23.9 Å². The second kappa shape index (κ2) is 6.38. The van der Waals surface area contributed by atoms with Gasteiger partial charge in [0.25, 0.3) is 0 Å². The van der Waals surface area contributed by atoms with Crippen LogP contribution < -0.4 is 10.2 Å². The Balaban J connectivity index is 2.04. The lowest BCUT2D eigenvalue weighted by molar-refractivity contribution is 0.325. The average Bonchev–Trinajstić information content (AvgIpc) is 2.58. The van der Waals surface area contributed by atoms with Gasteiger partial charge in [-0.25, -0.2) is 4.98 Å². The molecule has 0 aliphatic carbocycles. The van der Waals surface area contributed by atoms with Gasteiger partial charge in [0.05, 0.1) is 0 Å². The van der Waals surface area contributed by atoms with E-state index in [0.717, 1.165) is 32.0 Å². The zero-order valence-electron chi connectivity index (χ0n) is 12.6. The SMILES string of the molecule is CCNCc1ccnc(N2CCCC(C)(C)CC2)c1. The second-order valence-electron chi connectivity index (χ2n) is 6.31. The van der Waals surface area contributed by atoms with Crippen molar-refractivity contribution in [3.63, 3.8) is 0 Å². The highest BCUT2D eigenvalue weighted by Crippen LogP contribution is 2.31. The molecule has 1 aliphatic rings. The summed E-state index contributed by atoms with van der Waals surface area (Å²) in [6, 6.07) is 4.34. The lowest BCUT2D eigenvalue weighted by atomic mass is 9.85. The summed E-state index contributed by atoms with van der Waals surface area (Å²) in [6.07, 6.45) is 5.79. The minimum absolute atomic E-state index is 0.482. The summed E-state index contributed by atoms with van der Waals surface area (Å²) < 4.78 is 0. The van der Waals surface area contributed by atoms with E-state index in [9.17, 15) is 0 Å². The first-order valence-corrected chi connectivity index (χ1v) is 7.51. The fourth-order valence-electron chi connectivity index (χ4n) is 2.66. The quantitative estimate of drug-likeness (QED) is 0.902. The van der Waals surface area contributed by atoms with Gasteiger partial charge in [-0.2, -0.15) is 0 Å². The van der Waals surface area contributed by atoms with Crippen LogP contribution in [0, 0.1) is 5.41 Å². The molecule has 3 heteroatoms. The Morgan fingerprint density at radius 3 is 2.95 bits per heavy atom. The molecule has 0 atom stereocenters. The summed E-state index contributed by atoms with van der Waals surface area (Å²) in [7, 11) is 0. The maximum atomic E-state index is 4.56. The van der Waals surface area contributed by atoms with Crippen molar-refractivity contribution in [3.8, 4) is 0 Å². The molecular weight excluding hydrogens is 234 g/mol. The van der Waals surface area contributed by atoms with E-state index in [2.05, 4.69) is 48.1 Å². The van der Waals surface area contributed by atoms with E-state index in [1.165, 1.54) is 24.8 Å². The van der Waals surface area contributed by atoms with Crippen LogP contribution in [0.5, 0.6) is 0 Å². The molecule has 106 valence electrons. The number of hydrogen-bond acceptors (Lipinski definition) is 3. The number of anilines is 1. The zero-order chi connectivity index (χ0) is 13.7. The van der Waals surface area contributed by atoms with Crippen LogP contribution in [0.15, 0.2) is 18.3 Å². The molecule has 2 rings (SSSR count). The van der Waals surface area contributed by atoms with E-state index >= 15 is 0 Å². The predicted molar refractivity (Wildman–Crippen MR) is 81.5 cm³/mol. The van der Waals surface area contributed by atoms with Gasteiger partial charge in [0.15, 0.2) is 0 Å². The molecule has 0 unspecified atom stereocenters. The van der Waals surface area contributed by atoms with Crippen molar-refractivity contribution in [2.45, 2.75) is 46.6 Å². The Bertz CT molecular complexity index is 401. The van der Waals surface area contributed by atoms with Crippen LogP contribution in [0.1, 0.15) is 45.6 Å². The van der Waals surface area contributed by atoms with E-state index in [4.69, 9.17) is 0 Å². The first-order chi connectivity index (χ1) is 9.11.